The fourth-order valence-corrected chi connectivity index (χ4v) is 2.59. The zero-order valence-corrected chi connectivity index (χ0v) is 14.6. The highest BCUT2D eigenvalue weighted by atomic mass is 79.9. The molecule has 3 nitrogen and oxygen atoms in total. The van der Waals surface area contributed by atoms with E-state index in [9.17, 15) is 0 Å². The number of ether oxygens (including phenoxy) is 1. The number of furan rings is 1. The van der Waals surface area contributed by atoms with E-state index in [-0.39, 0.29) is 6.04 Å². The zero-order chi connectivity index (χ0) is 15.2. The van der Waals surface area contributed by atoms with Gasteiger partial charge in [0.25, 0.3) is 0 Å². The van der Waals surface area contributed by atoms with Crippen LogP contribution in [0.3, 0.4) is 0 Å². The largest absolute Gasteiger partial charge is 0.459 e. The predicted octanol–water partition coefficient (Wildman–Crippen LogP) is 5.05. The fraction of sp³-hybridized carbons (Fsp3) is 0.529. The smallest absolute Gasteiger partial charge is 0.134 e. The lowest BCUT2D eigenvalue weighted by molar-refractivity contribution is 0.0759. The SMILES string of the molecule is CC(C)OCCCCNC(C)c1cc2cc(Br)ccc2o1. The van der Waals surface area contributed by atoms with Gasteiger partial charge >= 0.3 is 0 Å². The van der Waals surface area contributed by atoms with Gasteiger partial charge in [0.1, 0.15) is 11.3 Å². The Morgan fingerprint density at radius 1 is 1.19 bits per heavy atom. The lowest BCUT2D eigenvalue weighted by Gasteiger charge is -2.11. The molecule has 0 saturated carbocycles. The van der Waals surface area contributed by atoms with Crippen molar-refractivity contribution in [3.05, 3.63) is 34.5 Å². The topological polar surface area (TPSA) is 34.4 Å². The summed E-state index contributed by atoms with van der Waals surface area (Å²) in [6, 6.07) is 8.42. The van der Waals surface area contributed by atoms with Crippen molar-refractivity contribution in [2.45, 2.75) is 45.8 Å². The van der Waals surface area contributed by atoms with Gasteiger partial charge in [-0.2, -0.15) is 0 Å². The summed E-state index contributed by atoms with van der Waals surface area (Å²) in [5.74, 6) is 0.988. The summed E-state index contributed by atoms with van der Waals surface area (Å²) in [5.41, 5.74) is 0.937. The van der Waals surface area contributed by atoms with Crippen molar-refractivity contribution in [2.24, 2.45) is 0 Å². The molecule has 0 radical (unpaired) electrons. The molecule has 1 atom stereocenters. The molecule has 1 N–H and O–H groups in total. The monoisotopic (exact) mass is 353 g/mol. The van der Waals surface area contributed by atoms with Crippen LogP contribution in [0.1, 0.15) is 45.4 Å². The van der Waals surface area contributed by atoms with Crippen LogP contribution in [-0.2, 0) is 4.74 Å². The van der Waals surface area contributed by atoms with Crippen LogP contribution >= 0.6 is 15.9 Å². The highest BCUT2D eigenvalue weighted by Crippen LogP contribution is 2.26. The van der Waals surface area contributed by atoms with Crippen molar-refractivity contribution in [1.29, 1.82) is 0 Å². The van der Waals surface area contributed by atoms with Gasteiger partial charge in [-0.05, 0) is 64.4 Å². The van der Waals surface area contributed by atoms with Crippen LogP contribution < -0.4 is 5.32 Å². The average Bonchev–Trinajstić information content (AvgIpc) is 2.85. The normalized spacial score (nSPS) is 13.2. The Kier molecular flexibility index (Phi) is 6.27. The van der Waals surface area contributed by atoms with Gasteiger partial charge in [0.2, 0.25) is 0 Å². The fourth-order valence-electron chi connectivity index (χ4n) is 2.21. The Morgan fingerprint density at radius 2 is 2.00 bits per heavy atom. The summed E-state index contributed by atoms with van der Waals surface area (Å²) in [5, 5.41) is 4.64. The number of rotatable bonds is 8. The van der Waals surface area contributed by atoms with Crippen LogP contribution in [0.5, 0.6) is 0 Å². The molecule has 1 aromatic heterocycles. The van der Waals surface area contributed by atoms with Crippen molar-refractivity contribution >= 4 is 26.9 Å². The number of nitrogens with one attached hydrogen (secondary N) is 1. The molecule has 0 spiro atoms. The van der Waals surface area contributed by atoms with Gasteiger partial charge in [-0.3, -0.25) is 0 Å². The summed E-state index contributed by atoms with van der Waals surface area (Å²) >= 11 is 3.49. The second-order valence-corrected chi connectivity index (χ2v) is 6.55. The van der Waals surface area contributed by atoms with E-state index >= 15 is 0 Å². The molecule has 0 amide bonds. The molecule has 1 aromatic carbocycles. The van der Waals surface area contributed by atoms with E-state index in [4.69, 9.17) is 9.15 Å². The third-order valence-electron chi connectivity index (χ3n) is 3.40. The van der Waals surface area contributed by atoms with Gasteiger partial charge in [-0.1, -0.05) is 15.9 Å². The van der Waals surface area contributed by atoms with Crippen molar-refractivity contribution in [2.75, 3.05) is 13.2 Å². The van der Waals surface area contributed by atoms with Gasteiger partial charge in [0.15, 0.2) is 0 Å². The number of hydrogen-bond acceptors (Lipinski definition) is 3. The van der Waals surface area contributed by atoms with E-state index in [0.29, 0.717) is 6.10 Å². The molecule has 1 unspecified atom stereocenters. The Labute approximate surface area is 135 Å². The summed E-state index contributed by atoms with van der Waals surface area (Å²) in [6.45, 7) is 8.09. The van der Waals surface area contributed by atoms with Crippen LogP contribution in [0.25, 0.3) is 11.0 Å². The van der Waals surface area contributed by atoms with E-state index < -0.39 is 0 Å². The maximum Gasteiger partial charge on any atom is 0.134 e. The molecular formula is C17H24BrNO2. The predicted molar refractivity (Wildman–Crippen MR) is 90.7 cm³/mol. The van der Waals surface area contributed by atoms with Crippen molar-refractivity contribution in [1.82, 2.24) is 5.32 Å². The second-order valence-electron chi connectivity index (χ2n) is 5.63. The van der Waals surface area contributed by atoms with Gasteiger partial charge < -0.3 is 14.5 Å². The van der Waals surface area contributed by atoms with Crippen LogP contribution in [-0.4, -0.2) is 19.3 Å². The average molecular weight is 354 g/mol. The minimum Gasteiger partial charge on any atom is -0.459 e. The van der Waals surface area contributed by atoms with Crippen LogP contribution in [0.15, 0.2) is 33.2 Å². The third-order valence-corrected chi connectivity index (χ3v) is 3.89. The van der Waals surface area contributed by atoms with Crippen LogP contribution in [0.4, 0.5) is 0 Å². The third kappa shape index (κ3) is 5.13. The van der Waals surface area contributed by atoms with E-state index in [1.54, 1.807) is 0 Å². The lowest BCUT2D eigenvalue weighted by atomic mass is 10.2. The first kappa shape index (κ1) is 16.5. The molecule has 0 saturated heterocycles. The van der Waals surface area contributed by atoms with Gasteiger partial charge in [-0.25, -0.2) is 0 Å². The number of fused-ring (bicyclic) bond motifs is 1. The van der Waals surface area contributed by atoms with Gasteiger partial charge in [0, 0.05) is 16.5 Å². The molecule has 1 heterocycles. The van der Waals surface area contributed by atoms with E-state index in [1.165, 1.54) is 0 Å². The first-order chi connectivity index (χ1) is 10.1. The van der Waals surface area contributed by atoms with Crippen molar-refractivity contribution in [3.63, 3.8) is 0 Å². The second kappa shape index (κ2) is 7.97. The Morgan fingerprint density at radius 3 is 2.76 bits per heavy atom. The molecule has 21 heavy (non-hydrogen) atoms. The molecular weight excluding hydrogens is 330 g/mol. The molecule has 2 aromatic rings. The summed E-state index contributed by atoms with van der Waals surface area (Å²) in [4.78, 5) is 0. The van der Waals surface area contributed by atoms with Crippen LogP contribution in [0, 0.1) is 0 Å². The highest BCUT2D eigenvalue weighted by Gasteiger charge is 2.11. The first-order valence-corrected chi connectivity index (χ1v) is 8.39. The van der Waals surface area contributed by atoms with Crippen molar-refractivity contribution < 1.29 is 9.15 Å². The quantitative estimate of drug-likeness (QED) is 0.674. The number of benzene rings is 1. The summed E-state index contributed by atoms with van der Waals surface area (Å²) in [7, 11) is 0. The molecule has 0 aliphatic heterocycles. The number of halogens is 1. The minimum absolute atomic E-state index is 0.224. The summed E-state index contributed by atoms with van der Waals surface area (Å²) in [6.07, 6.45) is 2.53. The molecule has 0 aliphatic carbocycles. The molecule has 0 bridgehead atoms. The molecule has 4 heteroatoms. The van der Waals surface area contributed by atoms with Gasteiger partial charge in [-0.15, -0.1) is 0 Å². The first-order valence-electron chi connectivity index (χ1n) is 7.60. The summed E-state index contributed by atoms with van der Waals surface area (Å²) < 4.78 is 12.5. The standard InChI is InChI=1S/C17H24BrNO2/c1-12(2)20-9-5-4-8-19-13(3)17-11-14-10-15(18)6-7-16(14)21-17/h6-7,10-13,19H,4-5,8-9H2,1-3H3. The van der Waals surface area contributed by atoms with E-state index in [2.05, 4.69) is 54.2 Å². The molecule has 116 valence electrons. The van der Waals surface area contributed by atoms with E-state index in [0.717, 1.165) is 47.2 Å². The Hall–Kier alpha value is -0.840. The maximum atomic E-state index is 5.89. The Balaban J connectivity index is 1.78. The van der Waals surface area contributed by atoms with Crippen molar-refractivity contribution in [3.8, 4) is 0 Å². The number of hydrogen-bond donors (Lipinski definition) is 1. The maximum absolute atomic E-state index is 5.89. The Bertz CT molecular complexity index is 565. The highest BCUT2D eigenvalue weighted by molar-refractivity contribution is 9.10. The zero-order valence-electron chi connectivity index (χ0n) is 13.0. The molecule has 0 aliphatic rings. The molecule has 2 rings (SSSR count). The molecule has 0 fully saturated rings. The number of unbranched alkanes of at least 4 members (excludes halogenated alkanes) is 1. The van der Waals surface area contributed by atoms with Gasteiger partial charge in [0.05, 0.1) is 12.1 Å². The van der Waals surface area contributed by atoms with E-state index in [1.807, 2.05) is 12.1 Å². The van der Waals surface area contributed by atoms with Crippen LogP contribution in [0.2, 0.25) is 0 Å². The minimum atomic E-state index is 0.224. The lowest BCUT2D eigenvalue weighted by Crippen LogP contribution is -2.19.